The van der Waals surface area contributed by atoms with Crippen LogP contribution in [0.5, 0.6) is 0 Å². The van der Waals surface area contributed by atoms with Crippen molar-refractivity contribution in [1.29, 1.82) is 0 Å². The number of rotatable bonds is 7. The van der Waals surface area contributed by atoms with E-state index in [9.17, 15) is 5.11 Å². The second-order valence-corrected chi connectivity index (χ2v) is 6.35. The van der Waals surface area contributed by atoms with Gasteiger partial charge in [-0.15, -0.1) is 0 Å². The van der Waals surface area contributed by atoms with Gasteiger partial charge in [0.05, 0.1) is 6.10 Å². The standard InChI is InChI=1S/C16H24ClNO/c1-12(2)11-18(13-7-8-13)10-9-16(19)14-5-3-4-6-15(14)17/h3-6,12-13,16,19H,7-11H2,1-2H3. The van der Waals surface area contributed by atoms with E-state index in [-0.39, 0.29) is 0 Å². The fourth-order valence-corrected chi connectivity index (χ4v) is 2.78. The van der Waals surface area contributed by atoms with Crippen LogP contribution < -0.4 is 0 Å². The van der Waals surface area contributed by atoms with Crippen molar-refractivity contribution in [2.75, 3.05) is 13.1 Å². The van der Waals surface area contributed by atoms with Gasteiger partial charge in [-0.2, -0.15) is 0 Å². The van der Waals surface area contributed by atoms with Crippen molar-refractivity contribution in [3.63, 3.8) is 0 Å². The highest BCUT2D eigenvalue weighted by Crippen LogP contribution is 2.30. The molecule has 0 aliphatic heterocycles. The van der Waals surface area contributed by atoms with Gasteiger partial charge in [0, 0.05) is 24.2 Å². The molecule has 1 atom stereocenters. The molecule has 1 N–H and O–H groups in total. The summed E-state index contributed by atoms with van der Waals surface area (Å²) in [6.45, 7) is 6.58. The van der Waals surface area contributed by atoms with Crippen LogP contribution in [0.4, 0.5) is 0 Å². The van der Waals surface area contributed by atoms with Crippen LogP contribution in [0, 0.1) is 5.92 Å². The molecule has 1 aliphatic carbocycles. The Bertz CT molecular complexity index is 403. The van der Waals surface area contributed by atoms with Crippen molar-refractivity contribution in [2.24, 2.45) is 5.92 Å². The lowest BCUT2D eigenvalue weighted by Crippen LogP contribution is -2.31. The Morgan fingerprint density at radius 1 is 1.32 bits per heavy atom. The Morgan fingerprint density at radius 3 is 2.58 bits per heavy atom. The van der Waals surface area contributed by atoms with Crippen LogP contribution in [-0.4, -0.2) is 29.1 Å². The van der Waals surface area contributed by atoms with Gasteiger partial charge in [-0.25, -0.2) is 0 Å². The molecule has 0 amide bonds. The molecule has 1 fully saturated rings. The van der Waals surface area contributed by atoms with Crippen LogP contribution in [0.3, 0.4) is 0 Å². The Hall–Kier alpha value is -0.570. The predicted octanol–water partition coefficient (Wildman–Crippen LogP) is 3.88. The minimum absolute atomic E-state index is 0.456. The SMILES string of the molecule is CC(C)CN(CCC(O)c1ccccc1Cl)C1CC1. The largest absolute Gasteiger partial charge is 0.388 e. The first-order chi connectivity index (χ1) is 9.08. The summed E-state index contributed by atoms with van der Waals surface area (Å²) >= 11 is 6.12. The van der Waals surface area contributed by atoms with E-state index >= 15 is 0 Å². The third-order valence-electron chi connectivity index (χ3n) is 3.62. The normalized spacial score (nSPS) is 17.2. The second-order valence-electron chi connectivity index (χ2n) is 5.95. The number of benzene rings is 1. The summed E-state index contributed by atoms with van der Waals surface area (Å²) in [7, 11) is 0. The maximum atomic E-state index is 10.3. The third kappa shape index (κ3) is 4.48. The molecule has 0 aromatic heterocycles. The monoisotopic (exact) mass is 281 g/mol. The molecule has 0 saturated heterocycles. The maximum Gasteiger partial charge on any atom is 0.0816 e. The van der Waals surface area contributed by atoms with Crippen molar-refractivity contribution >= 4 is 11.6 Å². The summed E-state index contributed by atoms with van der Waals surface area (Å²) in [6, 6.07) is 8.33. The first-order valence-corrected chi connectivity index (χ1v) is 7.62. The summed E-state index contributed by atoms with van der Waals surface area (Å²) in [5.41, 5.74) is 0.851. The molecule has 19 heavy (non-hydrogen) atoms. The number of hydrogen-bond donors (Lipinski definition) is 1. The van der Waals surface area contributed by atoms with Gasteiger partial charge >= 0.3 is 0 Å². The highest BCUT2D eigenvalue weighted by Gasteiger charge is 2.29. The first-order valence-electron chi connectivity index (χ1n) is 7.24. The lowest BCUT2D eigenvalue weighted by Gasteiger charge is -2.25. The topological polar surface area (TPSA) is 23.5 Å². The van der Waals surface area contributed by atoms with Crippen LogP contribution in [0.25, 0.3) is 0 Å². The van der Waals surface area contributed by atoms with E-state index in [4.69, 9.17) is 11.6 Å². The van der Waals surface area contributed by atoms with Gasteiger partial charge in [-0.3, -0.25) is 0 Å². The van der Waals surface area contributed by atoms with Crippen LogP contribution in [-0.2, 0) is 0 Å². The van der Waals surface area contributed by atoms with Crippen LogP contribution in [0.1, 0.15) is 44.8 Å². The summed E-state index contributed by atoms with van der Waals surface area (Å²) in [6.07, 6.45) is 2.93. The molecule has 1 unspecified atom stereocenters. The molecule has 2 nitrogen and oxygen atoms in total. The summed E-state index contributed by atoms with van der Waals surface area (Å²) < 4.78 is 0. The Kier molecular flexibility index (Phi) is 5.26. The fourth-order valence-electron chi connectivity index (χ4n) is 2.52. The minimum atomic E-state index is -0.456. The molecule has 106 valence electrons. The highest BCUT2D eigenvalue weighted by atomic mass is 35.5. The maximum absolute atomic E-state index is 10.3. The molecule has 2 rings (SSSR count). The summed E-state index contributed by atoms with van der Waals surface area (Å²) in [5.74, 6) is 0.679. The van der Waals surface area contributed by atoms with E-state index in [0.717, 1.165) is 31.1 Å². The van der Waals surface area contributed by atoms with Crippen molar-refractivity contribution in [3.8, 4) is 0 Å². The highest BCUT2D eigenvalue weighted by molar-refractivity contribution is 6.31. The molecular formula is C16H24ClNO. The number of nitrogens with zero attached hydrogens (tertiary/aromatic N) is 1. The fraction of sp³-hybridized carbons (Fsp3) is 0.625. The van der Waals surface area contributed by atoms with Gasteiger partial charge in [0.1, 0.15) is 0 Å². The quantitative estimate of drug-likeness (QED) is 0.820. The van der Waals surface area contributed by atoms with E-state index < -0.39 is 6.10 Å². The van der Waals surface area contributed by atoms with Crippen LogP contribution in [0.15, 0.2) is 24.3 Å². The van der Waals surface area contributed by atoms with E-state index in [1.54, 1.807) is 0 Å². The lowest BCUT2D eigenvalue weighted by atomic mass is 10.1. The van der Waals surface area contributed by atoms with Crippen molar-refractivity contribution in [1.82, 2.24) is 4.90 Å². The molecule has 1 saturated carbocycles. The van der Waals surface area contributed by atoms with Gasteiger partial charge in [0.2, 0.25) is 0 Å². The Labute approximate surface area is 121 Å². The Balaban J connectivity index is 1.88. The van der Waals surface area contributed by atoms with Crippen molar-refractivity contribution in [2.45, 2.75) is 45.3 Å². The molecule has 0 heterocycles. The zero-order chi connectivity index (χ0) is 13.8. The number of aliphatic hydroxyl groups is 1. The smallest absolute Gasteiger partial charge is 0.0816 e. The molecule has 1 aromatic rings. The van der Waals surface area contributed by atoms with Gasteiger partial charge in [-0.1, -0.05) is 43.6 Å². The number of halogens is 1. The van der Waals surface area contributed by atoms with E-state index in [0.29, 0.717) is 10.9 Å². The Morgan fingerprint density at radius 2 is 2.00 bits per heavy atom. The average molecular weight is 282 g/mol. The number of hydrogen-bond acceptors (Lipinski definition) is 2. The predicted molar refractivity (Wildman–Crippen MR) is 80.5 cm³/mol. The van der Waals surface area contributed by atoms with E-state index in [2.05, 4.69) is 18.7 Å². The molecule has 1 aromatic carbocycles. The van der Waals surface area contributed by atoms with Gasteiger partial charge in [0.15, 0.2) is 0 Å². The van der Waals surface area contributed by atoms with Crippen molar-refractivity contribution in [3.05, 3.63) is 34.9 Å². The molecule has 0 radical (unpaired) electrons. The third-order valence-corrected chi connectivity index (χ3v) is 3.96. The second kappa shape index (κ2) is 6.74. The van der Waals surface area contributed by atoms with Crippen LogP contribution in [0.2, 0.25) is 5.02 Å². The van der Waals surface area contributed by atoms with Crippen LogP contribution >= 0.6 is 11.6 Å². The molecular weight excluding hydrogens is 258 g/mol. The zero-order valence-electron chi connectivity index (χ0n) is 11.8. The average Bonchev–Trinajstić information content (AvgIpc) is 3.18. The molecule has 0 bridgehead atoms. The first kappa shape index (κ1) is 14.8. The van der Waals surface area contributed by atoms with Gasteiger partial charge in [-0.05, 0) is 36.8 Å². The molecule has 3 heteroatoms. The van der Waals surface area contributed by atoms with E-state index in [1.807, 2.05) is 24.3 Å². The zero-order valence-corrected chi connectivity index (χ0v) is 12.6. The number of aliphatic hydroxyl groups excluding tert-OH is 1. The van der Waals surface area contributed by atoms with Gasteiger partial charge in [0.25, 0.3) is 0 Å². The summed E-state index contributed by atoms with van der Waals surface area (Å²) in [4.78, 5) is 2.52. The van der Waals surface area contributed by atoms with Gasteiger partial charge < -0.3 is 10.0 Å². The van der Waals surface area contributed by atoms with E-state index in [1.165, 1.54) is 12.8 Å². The molecule has 1 aliphatic rings. The summed E-state index contributed by atoms with van der Waals surface area (Å²) in [5, 5.41) is 10.9. The lowest BCUT2D eigenvalue weighted by molar-refractivity contribution is 0.134. The molecule has 0 spiro atoms. The minimum Gasteiger partial charge on any atom is -0.388 e. The van der Waals surface area contributed by atoms with Crippen molar-refractivity contribution < 1.29 is 5.11 Å².